The van der Waals surface area contributed by atoms with Crippen LogP contribution in [0.4, 0.5) is 0 Å². The number of hydrogen-bond donors (Lipinski definition) is 1. The number of rotatable bonds is 5. The average Bonchev–Trinajstić information content (AvgIpc) is 2.28. The Hall–Kier alpha value is -0.0800. The highest BCUT2D eigenvalue weighted by molar-refractivity contribution is 4.81. The van der Waals surface area contributed by atoms with Crippen LogP contribution in [-0.2, 0) is 0 Å². The van der Waals surface area contributed by atoms with Crippen LogP contribution in [0, 0.1) is 11.8 Å². The van der Waals surface area contributed by atoms with Crippen LogP contribution >= 0.6 is 0 Å². The first-order valence-corrected chi connectivity index (χ1v) is 6.59. The first-order chi connectivity index (χ1) is 7.19. The lowest BCUT2D eigenvalue weighted by Gasteiger charge is -2.38. The first-order valence-electron chi connectivity index (χ1n) is 6.59. The molecule has 0 aromatic rings. The third-order valence-electron chi connectivity index (χ3n) is 3.96. The van der Waals surface area contributed by atoms with Gasteiger partial charge in [-0.3, -0.25) is 0 Å². The maximum Gasteiger partial charge on any atom is 0.0120 e. The molecule has 1 rings (SSSR count). The fraction of sp³-hybridized carbons (Fsp3) is 1.00. The lowest BCUT2D eigenvalue weighted by Crippen LogP contribution is -2.42. The number of nitrogens with zero attached hydrogens (tertiary/aromatic N) is 1. The molecular weight excluding hydrogens is 184 g/mol. The maximum absolute atomic E-state index is 5.69. The fourth-order valence-corrected chi connectivity index (χ4v) is 2.95. The minimum Gasteiger partial charge on any atom is -0.330 e. The van der Waals surface area contributed by atoms with Crippen molar-refractivity contribution < 1.29 is 0 Å². The predicted molar refractivity (Wildman–Crippen MR) is 66.9 cm³/mol. The topological polar surface area (TPSA) is 29.3 Å². The fourth-order valence-electron chi connectivity index (χ4n) is 2.95. The highest BCUT2D eigenvalue weighted by Gasteiger charge is 2.27. The molecule has 3 unspecified atom stereocenters. The van der Waals surface area contributed by atoms with Crippen molar-refractivity contribution in [2.24, 2.45) is 17.6 Å². The molecule has 3 atom stereocenters. The Labute approximate surface area is 95.2 Å². The standard InChI is InChI=1S/C13H28N2/c1-4-12-7-5-6-8-13(12)15(3)10-11(2)9-14/h11-13H,4-10,14H2,1-3H3. The van der Waals surface area contributed by atoms with E-state index in [1.54, 1.807) is 0 Å². The van der Waals surface area contributed by atoms with Crippen LogP contribution in [0.1, 0.15) is 46.0 Å². The predicted octanol–water partition coefficient (Wildman–Crippen LogP) is 2.48. The summed E-state index contributed by atoms with van der Waals surface area (Å²) in [5.74, 6) is 1.56. The summed E-state index contributed by atoms with van der Waals surface area (Å²) in [6, 6.07) is 0.817. The molecule has 2 N–H and O–H groups in total. The third kappa shape index (κ3) is 3.76. The summed E-state index contributed by atoms with van der Waals surface area (Å²) < 4.78 is 0. The van der Waals surface area contributed by atoms with Gasteiger partial charge in [-0.25, -0.2) is 0 Å². The van der Waals surface area contributed by atoms with Crippen molar-refractivity contribution in [1.29, 1.82) is 0 Å². The minimum absolute atomic E-state index is 0.634. The van der Waals surface area contributed by atoms with Gasteiger partial charge in [0.2, 0.25) is 0 Å². The third-order valence-corrected chi connectivity index (χ3v) is 3.96. The molecule has 0 spiro atoms. The van der Waals surface area contributed by atoms with Gasteiger partial charge >= 0.3 is 0 Å². The van der Waals surface area contributed by atoms with Gasteiger partial charge in [0, 0.05) is 12.6 Å². The van der Waals surface area contributed by atoms with E-state index in [-0.39, 0.29) is 0 Å². The zero-order chi connectivity index (χ0) is 11.3. The Bertz CT molecular complexity index is 170. The zero-order valence-electron chi connectivity index (χ0n) is 10.7. The lowest BCUT2D eigenvalue weighted by molar-refractivity contribution is 0.114. The van der Waals surface area contributed by atoms with E-state index in [4.69, 9.17) is 5.73 Å². The van der Waals surface area contributed by atoms with Crippen molar-refractivity contribution >= 4 is 0 Å². The van der Waals surface area contributed by atoms with Crippen LogP contribution in [0.5, 0.6) is 0 Å². The van der Waals surface area contributed by atoms with Crippen LogP contribution < -0.4 is 5.73 Å². The monoisotopic (exact) mass is 212 g/mol. The van der Waals surface area contributed by atoms with Crippen molar-refractivity contribution in [3.63, 3.8) is 0 Å². The summed E-state index contributed by atoms with van der Waals surface area (Å²) >= 11 is 0. The second-order valence-electron chi connectivity index (χ2n) is 5.30. The highest BCUT2D eigenvalue weighted by Crippen LogP contribution is 2.30. The van der Waals surface area contributed by atoms with Crippen molar-refractivity contribution in [1.82, 2.24) is 4.90 Å². The highest BCUT2D eigenvalue weighted by atomic mass is 15.1. The summed E-state index contributed by atoms with van der Waals surface area (Å²) in [5.41, 5.74) is 5.69. The Morgan fingerprint density at radius 1 is 1.33 bits per heavy atom. The van der Waals surface area contributed by atoms with Crippen LogP contribution in [0.25, 0.3) is 0 Å². The molecule has 0 aliphatic heterocycles. The summed E-state index contributed by atoms with van der Waals surface area (Å²) in [5, 5.41) is 0. The molecule has 1 fully saturated rings. The number of nitrogens with two attached hydrogens (primary N) is 1. The Balaban J connectivity index is 2.44. The summed E-state index contributed by atoms with van der Waals surface area (Å²) in [4.78, 5) is 2.56. The molecule has 90 valence electrons. The minimum atomic E-state index is 0.634. The van der Waals surface area contributed by atoms with E-state index < -0.39 is 0 Å². The zero-order valence-corrected chi connectivity index (χ0v) is 10.7. The molecule has 2 nitrogen and oxygen atoms in total. The molecule has 0 heterocycles. The second-order valence-corrected chi connectivity index (χ2v) is 5.30. The molecule has 1 aliphatic carbocycles. The van der Waals surface area contributed by atoms with E-state index in [9.17, 15) is 0 Å². The quantitative estimate of drug-likeness (QED) is 0.758. The van der Waals surface area contributed by atoms with Crippen molar-refractivity contribution in [3.05, 3.63) is 0 Å². The molecule has 0 radical (unpaired) electrons. The molecular formula is C13H28N2. The second kappa shape index (κ2) is 6.49. The van der Waals surface area contributed by atoms with Crippen LogP contribution in [0.2, 0.25) is 0 Å². The lowest BCUT2D eigenvalue weighted by atomic mass is 9.82. The molecule has 0 aromatic carbocycles. The van der Waals surface area contributed by atoms with Gasteiger partial charge in [-0.05, 0) is 38.3 Å². The van der Waals surface area contributed by atoms with Gasteiger partial charge in [-0.1, -0.05) is 33.1 Å². The molecule has 15 heavy (non-hydrogen) atoms. The average molecular weight is 212 g/mol. The molecule has 2 heteroatoms. The smallest absolute Gasteiger partial charge is 0.0120 e. The van der Waals surface area contributed by atoms with Crippen LogP contribution in [-0.4, -0.2) is 31.1 Å². The summed E-state index contributed by atoms with van der Waals surface area (Å²) in [7, 11) is 2.28. The maximum atomic E-state index is 5.69. The molecule has 1 aliphatic rings. The van der Waals surface area contributed by atoms with Gasteiger partial charge in [0.15, 0.2) is 0 Å². The van der Waals surface area contributed by atoms with Crippen molar-refractivity contribution in [2.45, 2.75) is 52.0 Å². The van der Waals surface area contributed by atoms with Crippen LogP contribution in [0.3, 0.4) is 0 Å². The SMILES string of the molecule is CCC1CCCCC1N(C)CC(C)CN. The van der Waals surface area contributed by atoms with E-state index in [1.165, 1.54) is 32.1 Å². The summed E-state index contributed by atoms with van der Waals surface area (Å²) in [6.07, 6.45) is 7.03. The molecule has 1 saturated carbocycles. The van der Waals surface area contributed by atoms with Crippen LogP contribution in [0.15, 0.2) is 0 Å². The van der Waals surface area contributed by atoms with E-state index in [0.29, 0.717) is 5.92 Å². The van der Waals surface area contributed by atoms with Gasteiger partial charge in [-0.2, -0.15) is 0 Å². The first kappa shape index (κ1) is 13.0. The van der Waals surface area contributed by atoms with E-state index in [0.717, 1.165) is 25.0 Å². The Morgan fingerprint density at radius 2 is 2.00 bits per heavy atom. The van der Waals surface area contributed by atoms with Crippen molar-refractivity contribution in [3.8, 4) is 0 Å². The normalized spacial score (nSPS) is 29.4. The molecule has 0 bridgehead atoms. The molecule has 0 aromatic heterocycles. The Morgan fingerprint density at radius 3 is 2.60 bits per heavy atom. The molecule has 0 saturated heterocycles. The summed E-state index contributed by atoms with van der Waals surface area (Å²) in [6.45, 7) is 6.56. The number of hydrogen-bond acceptors (Lipinski definition) is 2. The van der Waals surface area contributed by atoms with E-state index in [1.807, 2.05) is 0 Å². The van der Waals surface area contributed by atoms with Gasteiger partial charge in [0.05, 0.1) is 0 Å². The largest absolute Gasteiger partial charge is 0.330 e. The van der Waals surface area contributed by atoms with Crippen molar-refractivity contribution in [2.75, 3.05) is 20.1 Å². The van der Waals surface area contributed by atoms with Gasteiger partial charge in [0.1, 0.15) is 0 Å². The Kier molecular flexibility index (Phi) is 5.62. The van der Waals surface area contributed by atoms with Gasteiger partial charge in [0.25, 0.3) is 0 Å². The van der Waals surface area contributed by atoms with E-state index >= 15 is 0 Å². The van der Waals surface area contributed by atoms with Gasteiger partial charge < -0.3 is 10.6 Å². The molecule has 0 amide bonds. The van der Waals surface area contributed by atoms with E-state index in [2.05, 4.69) is 25.8 Å². The van der Waals surface area contributed by atoms with Gasteiger partial charge in [-0.15, -0.1) is 0 Å².